The third-order valence-electron chi connectivity index (χ3n) is 2.75. The summed E-state index contributed by atoms with van der Waals surface area (Å²) < 4.78 is 12.2. The first kappa shape index (κ1) is 16.6. The summed E-state index contributed by atoms with van der Waals surface area (Å²) in [5.41, 5.74) is 0.846. The van der Waals surface area contributed by atoms with Crippen molar-refractivity contribution in [2.75, 3.05) is 18.2 Å². The highest BCUT2D eigenvalue weighted by Gasteiger charge is 2.11. The Morgan fingerprint density at radius 2 is 2.10 bits per heavy atom. The molecule has 0 aliphatic rings. The lowest BCUT2D eigenvalue weighted by Gasteiger charge is -2.14. The first-order valence-corrected chi connectivity index (χ1v) is 9.12. The van der Waals surface area contributed by atoms with E-state index in [1.54, 1.807) is 11.8 Å². The number of hydrogen-bond acceptors (Lipinski definition) is 4. The Hall–Kier alpha value is -0.780. The summed E-state index contributed by atoms with van der Waals surface area (Å²) in [6.45, 7) is 3.13. The molecule has 21 heavy (non-hydrogen) atoms. The fourth-order valence-corrected chi connectivity index (χ4v) is 3.27. The van der Waals surface area contributed by atoms with Crippen LogP contribution in [0.4, 0.5) is 5.69 Å². The third-order valence-corrected chi connectivity index (χ3v) is 4.13. The van der Waals surface area contributed by atoms with E-state index in [9.17, 15) is 0 Å². The minimum atomic E-state index is 0.585. The highest BCUT2D eigenvalue weighted by Crippen LogP contribution is 2.36. The number of furan rings is 1. The van der Waals surface area contributed by atoms with Crippen molar-refractivity contribution in [2.24, 2.45) is 0 Å². The van der Waals surface area contributed by atoms with Crippen LogP contribution in [0.1, 0.15) is 18.4 Å². The summed E-state index contributed by atoms with van der Waals surface area (Å²) >= 11 is 11.3. The zero-order valence-corrected chi connectivity index (χ0v) is 15.1. The van der Waals surface area contributed by atoms with Gasteiger partial charge in [-0.15, -0.1) is 0 Å². The number of rotatable bonds is 7. The van der Waals surface area contributed by atoms with Crippen LogP contribution in [0.5, 0.6) is 5.75 Å². The Kier molecular flexibility index (Phi) is 6.33. The van der Waals surface area contributed by atoms with Crippen LogP contribution in [0.25, 0.3) is 0 Å². The van der Waals surface area contributed by atoms with Gasteiger partial charge in [0.25, 0.3) is 0 Å². The summed E-state index contributed by atoms with van der Waals surface area (Å²) in [5, 5.41) is 3.96. The van der Waals surface area contributed by atoms with E-state index in [0.717, 1.165) is 33.2 Å². The molecule has 1 N–H and O–H groups in total. The monoisotopic (exact) mass is 389 g/mol. The summed E-state index contributed by atoms with van der Waals surface area (Å²) in [4.78, 5) is 0. The molecule has 1 heterocycles. The zero-order valence-electron chi connectivity index (χ0n) is 11.9. The van der Waals surface area contributed by atoms with Gasteiger partial charge in [0.1, 0.15) is 11.5 Å². The van der Waals surface area contributed by atoms with Crippen LogP contribution in [0.3, 0.4) is 0 Å². The average molecular weight is 391 g/mol. The maximum atomic E-state index is 6.10. The van der Waals surface area contributed by atoms with Crippen molar-refractivity contribution in [3.8, 4) is 5.75 Å². The molecule has 1 aromatic heterocycles. The van der Waals surface area contributed by atoms with Gasteiger partial charge in [-0.3, -0.25) is 0 Å². The Morgan fingerprint density at radius 3 is 2.81 bits per heavy atom. The summed E-state index contributed by atoms with van der Waals surface area (Å²) in [6.07, 6.45) is 2.05. The number of benzene rings is 1. The van der Waals surface area contributed by atoms with Crippen LogP contribution in [0, 0.1) is 0 Å². The molecule has 0 fully saturated rings. The molecule has 1 aromatic carbocycles. The van der Waals surface area contributed by atoms with Crippen molar-refractivity contribution in [3.05, 3.63) is 45.3 Å². The molecule has 2 rings (SSSR count). The summed E-state index contributed by atoms with van der Waals surface area (Å²) in [6, 6.07) is 7.66. The maximum Gasteiger partial charge on any atom is 0.156 e. The number of nitrogens with one attached hydrogen (secondary N) is 1. The lowest BCUT2D eigenvalue weighted by atomic mass is 10.3. The predicted octanol–water partition coefficient (Wildman–Crippen LogP) is 5.57. The predicted molar refractivity (Wildman–Crippen MR) is 93.6 cm³/mol. The van der Waals surface area contributed by atoms with E-state index in [0.29, 0.717) is 18.2 Å². The van der Waals surface area contributed by atoms with Gasteiger partial charge in [-0.05, 0) is 53.4 Å². The normalized spacial score (nSPS) is 10.7. The van der Waals surface area contributed by atoms with E-state index in [2.05, 4.69) is 27.5 Å². The van der Waals surface area contributed by atoms with E-state index in [4.69, 9.17) is 20.8 Å². The van der Waals surface area contributed by atoms with Gasteiger partial charge in [0.2, 0.25) is 0 Å². The molecule has 0 saturated carbocycles. The first-order chi connectivity index (χ1) is 10.1. The van der Waals surface area contributed by atoms with Crippen LogP contribution < -0.4 is 10.1 Å². The molecule has 0 aliphatic heterocycles. The molecule has 114 valence electrons. The van der Waals surface area contributed by atoms with Crippen molar-refractivity contribution < 1.29 is 9.15 Å². The fourth-order valence-electron chi connectivity index (χ4n) is 1.90. The second-order valence-corrected chi connectivity index (χ2v) is 6.51. The molecule has 0 aliphatic carbocycles. The number of anilines is 1. The molecule has 3 nitrogen and oxygen atoms in total. The van der Waals surface area contributed by atoms with Gasteiger partial charge >= 0.3 is 0 Å². The topological polar surface area (TPSA) is 34.4 Å². The number of ether oxygens (including phenoxy) is 1. The second-order valence-electron chi connectivity index (χ2n) is 4.35. The van der Waals surface area contributed by atoms with E-state index in [1.807, 2.05) is 31.2 Å². The van der Waals surface area contributed by atoms with E-state index < -0.39 is 0 Å². The third kappa shape index (κ3) is 4.59. The van der Waals surface area contributed by atoms with Crippen molar-refractivity contribution in [3.63, 3.8) is 0 Å². The summed E-state index contributed by atoms with van der Waals surface area (Å²) in [5.74, 6) is 3.51. The van der Waals surface area contributed by atoms with Crippen molar-refractivity contribution in [2.45, 2.75) is 19.2 Å². The van der Waals surface area contributed by atoms with Gasteiger partial charge in [0.15, 0.2) is 5.75 Å². The molecule has 0 saturated heterocycles. The van der Waals surface area contributed by atoms with Gasteiger partial charge in [0, 0.05) is 5.02 Å². The maximum absolute atomic E-state index is 6.10. The Labute approximate surface area is 142 Å². The van der Waals surface area contributed by atoms with Crippen LogP contribution in [-0.2, 0) is 12.3 Å². The molecule has 2 aromatic rings. The molecule has 6 heteroatoms. The average Bonchev–Trinajstić information content (AvgIpc) is 2.88. The molecule has 0 spiro atoms. The molecule has 0 atom stereocenters. The van der Waals surface area contributed by atoms with E-state index in [-0.39, 0.29) is 0 Å². The van der Waals surface area contributed by atoms with E-state index >= 15 is 0 Å². The van der Waals surface area contributed by atoms with Crippen molar-refractivity contribution in [1.29, 1.82) is 0 Å². The van der Waals surface area contributed by atoms with Crippen molar-refractivity contribution in [1.82, 2.24) is 0 Å². The van der Waals surface area contributed by atoms with Crippen LogP contribution >= 0.6 is 39.3 Å². The van der Waals surface area contributed by atoms with Gasteiger partial charge in [0.05, 0.1) is 29.1 Å². The van der Waals surface area contributed by atoms with Crippen molar-refractivity contribution >= 4 is 45.0 Å². The first-order valence-electron chi connectivity index (χ1n) is 6.56. The van der Waals surface area contributed by atoms with Gasteiger partial charge < -0.3 is 14.5 Å². The van der Waals surface area contributed by atoms with Crippen LogP contribution in [-0.4, -0.2) is 12.9 Å². The highest BCUT2D eigenvalue weighted by molar-refractivity contribution is 9.10. The van der Waals surface area contributed by atoms with Gasteiger partial charge in [-0.1, -0.05) is 11.6 Å². The number of hydrogen-bond donors (Lipinski definition) is 1. The molecule has 0 radical (unpaired) electrons. The quantitative estimate of drug-likeness (QED) is 0.670. The lowest BCUT2D eigenvalue weighted by Crippen LogP contribution is -2.03. The molecular weight excluding hydrogens is 374 g/mol. The molecule has 0 amide bonds. The van der Waals surface area contributed by atoms with Crippen LogP contribution in [0.2, 0.25) is 5.02 Å². The molecule has 0 unspecified atom stereocenters. The Balaban J connectivity index is 2.11. The number of thioether (sulfide) groups is 1. The molecule has 0 bridgehead atoms. The Morgan fingerprint density at radius 1 is 1.33 bits per heavy atom. The smallest absolute Gasteiger partial charge is 0.156 e. The zero-order chi connectivity index (χ0) is 15.2. The fraction of sp³-hybridized carbons (Fsp3) is 0.333. The Bertz CT molecular complexity index is 603. The largest absolute Gasteiger partial charge is 0.491 e. The molecular formula is C15H17BrClNO2S. The summed E-state index contributed by atoms with van der Waals surface area (Å²) in [7, 11) is 0. The SMILES string of the molecule is CCOc1c(Br)cc(Cl)cc1NCc1ccc(CSC)o1. The minimum Gasteiger partial charge on any atom is -0.491 e. The standard InChI is InChI=1S/C15H17BrClNO2S/c1-3-19-15-13(16)6-10(17)7-14(15)18-8-11-4-5-12(20-11)9-21-2/h4-7,18H,3,8-9H2,1-2H3. The number of halogens is 2. The minimum absolute atomic E-state index is 0.585. The van der Waals surface area contributed by atoms with Crippen LogP contribution in [0.15, 0.2) is 33.2 Å². The van der Waals surface area contributed by atoms with E-state index in [1.165, 1.54) is 0 Å². The lowest BCUT2D eigenvalue weighted by molar-refractivity contribution is 0.339. The van der Waals surface area contributed by atoms with Gasteiger partial charge in [-0.25, -0.2) is 0 Å². The highest BCUT2D eigenvalue weighted by atomic mass is 79.9. The van der Waals surface area contributed by atoms with Gasteiger partial charge in [-0.2, -0.15) is 11.8 Å². The second kappa shape index (κ2) is 8.01.